The number of anilines is 1. The Kier molecular flexibility index (Phi) is 4.52. The van der Waals surface area contributed by atoms with Crippen LogP contribution in [0.3, 0.4) is 0 Å². The third kappa shape index (κ3) is 3.12. The van der Waals surface area contributed by atoms with Gasteiger partial charge in [0.1, 0.15) is 5.82 Å². The Hall–Kier alpha value is -2.95. The van der Waals surface area contributed by atoms with Crippen molar-refractivity contribution in [3.8, 4) is 0 Å². The lowest BCUT2D eigenvalue weighted by atomic mass is 10.0. The normalized spacial score (nSPS) is 16.8. The Morgan fingerprint density at radius 1 is 1.27 bits per heavy atom. The molecule has 0 N–H and O–H groups in total. The number of carbonyl (C=O) groups excluding carboxylic acids is 1. The molecule has 3 aromatic rings. The molecule has 132 valence electrons. The molecule has 0 radical (unpaired) electrons. The molecule has 5 heteroatoms. The van der Waals surface area contributed by atoms with Crippen LogP contribution in [0.25, 0.3) is 10.9 Å². The average molecular weight is 347 g/mol. The summed E-state index contributed by atoms with van der Waals surface area (Å²) < 4.78 is 4.88. The first-order chi connectivity index (χ1) is 12.8. The maximum absolute atomic E-state index is 11.9. The number of hydrogen-bond acceptors (Lipinski definition) is 5. The molecule has 2 aromatic heterocycles. The maximum atomic E-state index is 11.9. The molecule has 0 aliphatic carbocycles. The van der Waals surface area contributed by atoms with Gasteiger partial charge in [0, 0.05) is 24.3 Å². The van der Waals surface area contributed by atoms with Crippen molar-refractivity contribution in [2.45, 2.75) is 25.3 Å². The molecule has 0 bridgehead atoms. The first-order valence-corrected chi connectivity index (χ1v) is 8.88. The number of aromatic nitrogens is 2. The van der Waals surface area contributed by atoms with E-state index in [1.165, 1.54) is 12.7 Å². The van der Waals surface area contributed by atoms with Crippen LogP contribution < -0.4 is 4.90 Å². The minimum atomic E-state index is -0.238. The van der Waals surface area contributed by atoms with E-state index in [1.54, 1.807) is 6.20 Å². The van der Waals surface area contributed by atoms with E-state index in [4.69, 9.17) is 9.72 Å². The molecule has 5 nitrogen and oxygen atoms in total. The molecule has 1 fully saturated rings. The molecule has 1 aliphatic rings. The van der Waals surface area contributed by atoms with E-state index in [0.717, 1.165) is 41.7 Å². The van der Waals surface area contributed by atoms with Crippen LogP contribution >= 0.6 is 0 Å². The van der Waals surface area contributed by atoms with Gasteiger partial charge in [-0.2, -0.15) is 0 Å². The summed E-state index contributed by atoms with van der Waals surface area (Å²) in [5.74, 6) is 0.673. The predicted octanol–water partition coefficient (Wildman–Crippen LogP) is 3.69. The highest BCUT2D eigenvalue weighted by atomic mass is 16.5. The fraction of sp³-hybridized carbons (Fsp3) is 0.286. The van der Waals surface area contributed by atoms with Crippen molar-refractivity contribution in [1.82, 2.24) is 9.97 Å². The van der Waals surface area contributed by atoms with Gasteiger partial charge in [0.05, 0.1) is 25.1 Å². The first-order valence-electron chi connectivity index (χ1n) is 8.88. The molecule has 0 spiro atoms. The van der Waals surface area contributed by atoms with Crippen LogP contribution in [-0.4, -0.2) is 29.6 Å². The predicted molar refractivity (Wildman–Crippen MR) is 101 cm³/mol. The number of benzene rings is 1. The Morgan fingerprint density at radius 2 is 2.15 bits per heavy atom. The molecule has 3 heterocycles. The van der Waals surface area contributed by atoms with Gasteiger partial charge >= 0.3 is 5.97 Å². The first kappa shape index (κ1) is 16.5. The standard InChI is InChI=1S/C21H21N3O2/c1-26-21(25)13-16-12-20(23-18-8-3-2-7-17(16)18)24-11-5-9-19(24)15-6-4-10-22-14-15/h2-4,6-8,10,12,14,19H,5,9,11,13H2,1H3. The Balaban J connectivity index is 1.77. The van der Waals surface area contributed by atoms with Crippen molar-refractivity contribution in [2.75, 3.05) is 18.6 Å². The zero-order chi connectivity index (χ0) is 17.9. The van der Waals surface area contributed by atoms with E-state index in [-0.39, 0.29) is 18.4 Å². The quantitative estimate of drug-likeness (QED) is 0.674. The Morgan fingerprint density at radius 3 is 2.96 bits per heavy atom. The van der Waals surface area contributed by atoms with Crippen molar-refractivity contribution in [3.05, 3.63) is 66.0 Å². The van der Waals surface area contributed by atoms with Crippen LogP contribution in [0.15, 0.2) is 54.9 Å². The van der Waals surface area contributed by atoms with Crippen LogP contribution in [-0.2, 0) is 16.0 Å². The van der Waals surface area contributed by atoms with Gasteiger partial charge < -0.3 is 9.64 Å². The molecule has 0 amide bonds. The molecule has 1 atom stereocenters. The number of pyridine rings is 2. The van der Waals surface area contributed by atoms with Crippen molar-refractivity contribution in [1.29, 1.82) is 0 Å². The summed E-state index contributed by atoms with van der Waals surface area (Å²) >= 11 is 0. The van der Waals surface area contributed by atoms with E-state index >= 15 is 0 Å². The third-order valence-corrected chi connectivity index (χ3v) is 4.97. The van der Waals surface area contributed by atoms with Gasteiger partial charge in [0.2, 0.25) is 0 Å². The van der Waals surface area contributed by atoms with Gasteiger partial charge in [0.25, 0.3) is 0 Å². The summed E-state index contributed by atoms with van der Waals surface area (Å²) in [4.78, 5) is 23.3. The van der Waals surface area contributed by atoms with Crippen molar-refractivity contribution < 1.29 is 9.53 Å². The molecule has 4 rings (SSSR count). The number of para-hydroxylation sites is 1. The van der Waals surface area contributed by atoms with Crippen molar-refractivity contribution in [3.63, 3.8) is 0 Å². The van der Waals surface area contributed by atoms with Crippen LogP contribution in [0.5, 0.6) is 0 Å². The third-order valence-electron chi connectivity index (χ3n) is 4.97. The number of nitrogens with zero attached hydrogens (tertiary/aromatic N) is 3. The van der Waals surface area contributed by atoms with Gasteiger partial charge in [-0.1, -0.05) is 24.3 Å². The number of hydrogen-bond donors (Lipinski definition) is 0. The fourth-order valence-electron chi connectivity index (χ4n) is 3.71. The van der Waals surface area contributed by atoms with Crippen LogP contribution in [0.2, 0.25) is 0 Å². The monoisotopic (exact) mass is 347 g/mol. The summed E-state index contributed by atoms with van der Waals surface area (Å²) in [5, 5.41) is 0.999. The van der Waals surface area contributed by atoms with E-state index < -0.39 is 0 Å². The summed E-state index contributed by atoms with van der Waals surface area (Å²) in [7, 11) is 1.42. The molecule has 1 aliphatic heterocycles. The zero-order valence-corrected chi connectivity index (χ0v) is 14.8. The minimum absolute atomic E-state index is 0.238. The molecular weight excluding hydrogens is 326 g/mol. The lowest BCUT2D eigenvalue weighted by Crippen LogP contribution is -2.24. The average Bonchev–Trinajstić information content (AvgIpc) is 3.18. The Labute approximate surface area is 152 Å². The smallest absolute Gasteiger partial charge is 0.310 e. The lowest BCUT2D eigenvalue weighted by molar-refractivity contribution is -0.139. The van der Waals surface area contributed by atoms with E-state index in [2.05, 4.69) is 16.0 Å². The van der Waals surface area contributed by atoms with Crippen molar-refractivity contribution in [2.24, 2.45) is 0 Å². The molecule has 26 heavy (non-hydrogen) atoms. The fourth-order valence-corrected chi connectivity index (χ4v) is 3.71. The summed E-state index contributed by atoms with van der Waals surface area (Å²) in [6.45, 7) is 0.947. The SMILES string of the molecule is COC(=O)Cc1cc(N2CCCC2c2cccnc2)nc2ccccc12. The number of esters is 1. The second-order valence-electron chi connectivity index (χ2n) is 6.55. The maximum Gasteiger partial charge on any atom is 0.310 e. The number of carbonyl (C=O) groups is 1. The van der Waals surface area contributed by atoms with Crippen LogP contribution in [0, 0.1) is 0 Å². The zero-order valence-electron chi connectivity index (χ0n) is 14.8. The van der Waals surface area contributed by atoms with Crippen LogP contribution in [0.4, 0.5) is 5.82 Å². The number of fused-ring (bicyclic) bond motifs is 1. The van der Waals surface area contributed by atoms with Gasteiger partial charge in [-0.25, -0.2) is 4.98 Å². The van der Waals surface area contributed by atoms with Gasteiger partial charge in [0.15, 0.2) is 0 Å². The molecule has 1 aromatic carbocycles. The molecule has 1 saturated heterocycles. The number of rotatable bonds is 4. The summed E-state index contributed by atoms with van der Waals surface area (Å²) in [5.41, 5.74) is 3.06. The summed E-state index contributed by atoms with van der Waals surface area (Å²) in [6, 6.07) is 14.3. The van der Waals surface area contributed by atoms with E-state index in [1.807, 2.05) is 42.6 Å². The topological polar surface area (TPSA) is 55.3 Å². The minimum Gasteiger partial charge on any atom is -0.469 e. The van der Waals surface area contributed by atoms with E-state index in [0.29, 0.717) is 0 Å². The van der Waals surface area contributed by atoms with Gasteiger partial charge in [-0.3, -0.25) is 9.78 Å². The highest BCUT2D eigenvalue weighted by Crippen LogP contribution is 2.36. The van der Waals surface area contributed by atoms with Crippen molar-refractivity contribution >= 4 is 22.7 Å². The molecular formula is C21H21N3O2. The number of ether oxygens (including phenoxy) is 1. The molecule has 0 saturated carbocycles. The second-order valence-corrected chi connectivity index (χ2v) is 6.55. The van der Waals surface area contributed by atoms with E-state index in [9.17, 15) is 4.79 Å². The highest BCUT2D eigenvalue weighted by Gasteiger charge is 2.28. The van der Waals surface area contributed by atoms with Crippen LogP contribution in [0.1, 0.15) is 30.0 Å². The Bertz CT molecular complexity index is 927. The lowest BCUT2D eigenvalue weighted by Gasteiger charge is -2.26. The summed E-state index contributed by atoms with van der Waals surface area (Å²) in [6.07, 6.45) is 6.16. The largest absolute Gasteiger partial charge is 0.469 e. The van der Waals surface area contributed by atoms with Gasteiger partial charge in [-0.15, -0.1) is 0 Å². The molecule has 1 unspecified atom stereocenters. The van der Waals surface area contributed by atoms with Gasteiger partial charge in [-0.05, 0) is 42.2 Å². The number of methoxy groups -OCH3 is 1. The highest BCUT2D eigenvalue weighted by molar-refractivity contribution is 5.88. The second kappa shape index (κ2) is 7.12.